The number of amides is 5. The van der Waals surface area contributed by atoms with E-state index in [9.17, 15) is 19.2 Å². The number of aromatic nitrogens is 2. The number of H-pyrrole nitrogens is 1. The average molecular weight is 608 g/mol. The van der Waals surface area contributed by atoms with Gasteiger partial charge in [0.2, 0.25) is 0 Å². The number of aromatic amines is 1. The van der Waals surface area contributed by atoms with Crippen molar-refractivity contribution in [2.45, 2.75) is 51.0 Å². The Morgan fingerprint density at radius 2 is 1.69 bits per heavy atom. The third-order valence-corrected chi connectivity index (χ3v) is 8.99. The first-order chi connectivity index (χ1) is 21.9. The Morgan fingerprint density at radius 3 is 2.47 bits per heavy atom. The van der Waals surface area contributed by atoms with Crippen LogP contribution in [0.25, 0.3) is 10.9 Å². The molecule has 3 aliphatic rings. The van der Waals surface area contributed by atoms with E-state index in [0.29, 0.717) is 49.9 Å². The van der Waals surface area contributed by atoms with Crippen molar-refractivity contribution in [1.82, 2.24) is 24.9 Å². The highest BCUT2D eigenvalue weighted by molar-refractivity contribution is 6.05. The second-order valence-electron chi connectivity index (χ2n) is 11.8. The SMILES string of the molecule is NC(=O)c1n[nH]c2ccc3c(c12)CN(Cc1ccccc1)C(=O)C(OC(=O)N1CCC(N2Cc4ccccc4NC2=O)CC1)C3. The molecule has 0 bridgehead atoms. The van der Waals surface area contributed by atoms with Crippen molar-refractivity contribution in [2.24, 2.45) is 5.73 Å². The minimum absolute atomic E-state index is 0.0213. The predicted molar refractivity (Wildman–Crippen MR) is 165 cm³/mol. The van der Waals surface area contributed by atoms with Crippen LogP contribution in [-0.4, -0.2) is 74.1 Å². The van der Waals surface area contributed by atoms with Gasteiger partial charge < -0.3 is 30.5 Å². The van der Waals surface area contributed by atoms with Gasteiger partial charge in [0.05, 0.1) is 5.52 Å². The molecule has 3 aromatic carbocycles. The first-order valence-electron chi connectivity index (χ1n) is 15.1. The summed E-state index contributed by atoms with van der Waals surface area (Å²) in [4.78, 5) is 57.6. The third kappa shape index (κ3) is 5.43. The van der Waals surface area contributed by atoms with Crippen molar-refractivity contribution in [3.05, 3.63) is 94.7 Å². The number of fused-ring (bicyclic) bond motifs is 4. The van der Waals surface area contributed by atoms with Gasteiger partial charge in [-0.1, -0.05) is 54.6 Å². The molecule has 1 unspecified atom stereocenters. The quantitative estimate of drug-likeness (QED) is 0.314. The van der Waals surface area contributed by atoms with E-state index >= 15 is 0 Å². The van der Waals surface area contributed by atoms with Gasteiger partial charge in [-0.15, -0.1) is 0 Å². The number of nitrogens with one attached hydrogen (secondary N) is 2. The summed E-state index contributed by atoms with van der Waals surface area (Å²) in [7, 11) is 0. The molecule has 4 aromatic rings. The number of para-hydroxylation sites is 1. The topological polar surface area (TPSA) is 154 Å². The molecule has 12 heteroatoms. The number of urea groups is 1. The van der Waals surface area contributed by atoms with Crippen LogP contribution in [0, 0.1) is 0 Å². The van der Waals surface area contributed by atoms with Gasteiger partial charge in [0.15, 0.2) is 11.8 Å². The zero-order valence-corrected chi connectivity index (χ0v) is 24.6. The first kappa shape index (κ1) is 28.4. The number of hydrogen-bond acceptors (Lipinski definition) is 6. The van der Waals surface area contributed by atoms with E-state index in [4.69, 9.17) is 10.5 Å². The zero-order valence-electron chi connectivity index (χ0n) is 24.6. The smallest absolute Gasteiger partial charge is 0.410 e. The lowest BCUT2D eigenvalue weighted by Crippen LogP contribution is -2.51. The minimum Gasteiger partial charge on any atom is -0.436 e. The highest BCUT2D eigenvalue weighted by Crippen LogP contribution is 2.32. The van der Waals surface area contributed by atoms with Crippen LogP contribution < -0.4 is 11.1 Å². The second-order valence-corrected chi connectivity index (χ2v) is 11.8. The molecule has 1 saturated heterocycles. The van der Waals surface area contributed by atoms with E-state index < -0.39 is 18.1 Å². The number of benzene rings is 3. The van der Waals surface area contributed by atoms with Crippen LogP contribution in [0.3, 0.4) is 0 Å². The molecule has 12 nitrogen and oxygen atoms in total. The molecule has 1 aromatic heterocycles. The number of rotatable bonds is 5. The first-order valence-corrected chi connectivity index (χ1v) is 15.1. The van der Waals surface area contributed by atoms with Crippen LogP contribution in [0.5, 0.6) is 0 Å². The maximum Gasteiger partial charge on any atom is 0.410 e. The summed E-state index contributed by atoms with van der Waals surface area (Å²) in [6.07, 6.45) is -0.285. The fourth-order valence-electron chi connectivity index (χ4n) is 6.64. The number of hydrogen-bond donors (Lipinski definition) is 3. The molecule has 4 heterocycles. The Kier molecular flexibility index (Phi) is 7.32. The molecule has 0 aliphatic carbocycles. The molecule has 0 spiro atoms. The molecular weight excluding hydrogens is 574 g/mol. The van der Waals surface area contributed by atoms with Crippen LogP contribution in [0.15, 0.2) is 66.7 Å². The third-order valence-electron chi connectivity index (χ3n) is 8.99. The van der Waals surface area contributed by atoms with E-state index in [1.54, 1.807) is 15.9 Å². The number of nitrogens with two attached hydrogens (primary N) is 1. The van der Waals surface area contributed by atoms with Gasteiger partial charge in [0.1, 0.15) is 0 Å². The van der Waals surface area contributed by atoms with Gasteiger partial charge in [0.25, 0.3) is 11.8 Å². The molecule has 45 heavy (non-hydrogen) atoms. The van der Waals surface area contributed by atoms with Gasteiger partial charge >= 0.3 is 12.1 Å². The minimum atomic E-state index is -1.06. The Labute approximate surface area is 259 Å². The molecular formula is C33H33N7O5. The Balaban J connectivity index is 1.09. The number of primary amides is 1. The van der Waals surface area contributed by atoms with Gasteiger partial charge in [-0.3, -0.25) is 14.7 Å². The van der Waals surface area contributed by atoms with Gasteiger partial charge in [-0.05, 0) is 47.2 Å². The summed E-state index contributed by atoms with van der Waals surface area (Å²) >= 11 is 0. The summed E-state index contributed by atoms with van der Waals surface area (Å²) in [5.41, 5.74) is 10.7. The largest absolute Gasteiger partial charge is 0.436 e. The van der Waals surface area contributed by atoms with Gasteiger partial charge in [-0.25, -0.2) is 9.59 Å². The van der Waals surface area contributed by atoms with E-state index in [0.717, 1.165) is 27.9 Å². The summed E-state index contributed by atoms with van der Waals surface area (Å²) in [6, 6.07) is 20.8. The van der Waals surface area contributed by atoms with Gasteiger partial charge in [0, 0.05) is 56.3 Å². The lowest BCUT2D eigenvalue weighted by molar-refractivity contribution is -0.141. The van der Waals surface area contributed by atoms with E-state index in [2.05, 4.69) is 15.5 Å². The molecule has 0 saturated carbocycles. The van der Waals surface area contributed by atoms with Crippen molar-refractivity contribution < 1.29 is 23.9 Å². The molecule has 1 atom stereocenters. The van der Waals surface area contributed by atoms with Crippen molar-refractivity contribution in [2.75, 3.05) is 18.4 Å². The van der Waals surface area contributed by atoms with Crippen LogP contribution in [0.1, 0.15) is 45.6 Å². The Morgan fingerprint density at radius 1 is 0.933 bits per heavy atom. The molecule has 5 amide bonds. The monoisotopic (exact) mass is 607 g/mol. The molecule has 1 fully saturated rings. The number of carbonyl (C=O) groups is 4. The van der Waals surface area contributed by atoms with Gasteiger partial charge in [-0.2, -0.15) is 5.10 Å². The van der Waals surface area contributed by atoms with E-state index in [1.807, 2.05) is 65.6 Å². The number of ether oxygens (including phenoxy) is 1. The molecule has 230 valence electrons. The predicted octanol–water partition coefficient (Wildman–Crippen LogP) is 3.76. The summed E-state index contributed by atoms with van der Waals surface area (Å²) in [6.45, 7) is 1.81. The van der Waals surface area contributed by atoms with Crippen molar-refractivity contribution in [3.63, 3.8) is 0 Å². The fourth-order valence-corrected chi connectivity index (χ4v) is 6.64. The summed E-state index contributed by atoms with van der Waals surface area (Å²) in [5.74, 6) is -0.989. The van der Waals surface area contributed by atoms with Crippen LogP contribution >= 0.6 is 0 Å². The average Bonchev–Trinajstić information content (AvgIpc) is 3.45. The number of carbonyl (C=O) groups excluding carboxylic acids is 4. The molecule has 4 N–H and O–H groups in total. The van der Waals surface area contributed by atoms with Crippen LogP contribution in [0.4, 0.5) is 15.3 Å². The highest BCUT2D eigenvalue weighted by atomic mass is 16.6. The molecule has 3 aliphatic heterocycles. The van der Waals surface area contributed by atoms with Crippen LogP contribution in [0.2, 0.25) is 0 Å². The summed E-state index contributed by atoms with van der Waals surface area (Å²) < 4.78 is 5.96. The molecule has 0 radical (unpaired) electrons. The second kappa shape index (κ2) is 11.6. The normalized spacial score (nSPS) is 18.7. The number of piperidine rings is 1. The van der Waals surface area contributed by atoms with E-state index in [-0.39, 0.29) is 36.6 Å². The highest BCUT2D eigenvalue weighted by Gasteiger charge is 2.37. The number of likely N-dealkylation sites (tertiary alicyclic amines) is 1. The zero-order chi connectivity index (χ0) is 31.1. The van der Waals surface area contributed by atoms with Crippen molar-refractivity contribution >= 4 is 40.5 Å². The summed E-state index contributed by atoms with van der Waals surface area (Å²) in [5, 5.41) is 10.5. The van der Waals surface area contributed by atoms with Crippen molar-refractivity contribution in [1.29, 1.82) is 0 Å². The maximum absolute atomic E-state index is 14.0. The lowest BCUT2D eigenvalue weighted by Gasteiger charge is -2.40. The Hall–Kier alpha value is -5.39. The molecule has 7 rings (SSSR count). The van der Waals surface area contributed by atoms with Crippen molar-refractivity contribution in [3.8, 4) is 0 Å². The lowest BCUT2D eigenvalue weighted by atomic mass is 9.98. The standard InChI is InChI=1S/C33H33N7O5/c34-30(41)29-28-24-19-39(17-20-6-2-1-3-7-20)31(42)27(16-21(24)10-11-26(28)36-37-29)45-33(44)38-14-12-23(13-15-38)40-18-22-8-4-5-9-25(22)35-32(40)43/h1-11,23,27H,12-19H2,(H2,34,41)(H,35,43)(H,36,37). The maximum atomic E-state index is 14.0. The Bertz CT molecular complexity index is 1800. The van der Waals surface area contributed by atoms with Crippen LogP contribution in [-0.2, 0) is 35.6 Å². The number of anilines is 1. The fraction of sp³-hybridized carbons (Fsp3) is 0.303. The number of nitrogens with zero attached hydrogens (tertiary/aromatic N) is 4. The van der Waals surface area contributed by atoms with E-state index in [1.165, 1.54) is 0 Å².